The second-order valence-electron chi connectivity index (χ2n) is 5.94. The first-order chi connectivity index (χ1) is 11.3. The number of anilines is 1. The predicted molar refractivity (Wildman–Crippen MR) is 97.2 cm³/mol. The number of thiazole rings is 1. The van der Waals surface area contributed by atoms with E-state index in [1.165, 1.54) is 15.6 Å². The van der Waals surface area contributed by atoms with Crippen LogP contribution in [-0.2, 0) is 14.8 Å². The van der Waals surface area contributed by atoms with Crippen molar-refractivity contribution >= 4 is 54.2 Å². The SMILES string of the molecule is Cc1ccc(Cl)c2sc(NC(=O)[C@H]3CCCCN3S(C)(=O)=O)nc12. The number of aryl methyl sites for hydroxylation is 1. The number of piperidine rings is 1. The molecule has 1 N–H and O–H groups in total. The maximum atomic E-state index is 12.6. The van der Waals surface area contributed by atoms with E-state index in [0.29, 0.717) is 23.1 Å². The molecule has 1 fully saturated rings. The Kier molecular flexibility index (Phi) is 4.83. The predicted octanol–water partition coefficient (Wildman–Crippen LogP) is 3.01. The largest absolute Gasteiger partial charge is 0.301 e. The summed E-state index contributed by atoms with van der Waals surface area (Å²) in [5.74, 6) is -0.340. The quantitative estimate of drug-likeness (QED) is 0.877. The average Bonchev–Trinajstić information content (AvgIpc) is 2.95. The van der Waals surface area contributed by atoms with Crippen LogP contribution in [0.3, 0.4) is 0 Å². The van der Waals surface area contributed by atoms with E-state index in [0.717, 1.165) is 34.9 Å². The minimum Gasteiger partial charge on any atom is -0.301 e. The number of carbonyl (C=O) groups excluding carboxylic acids is 1. The molecule has 1 aliphatic rings. The minimum atomic E-state index is -3.42. The van der Waals surface area contributed by atoms with Gasteiger partial charge in [0.05, 0.1) is 21.5 Å². The summed E-state index contributed by atoms with van der Waals surface area (Å²) in [4.78, 5) is 17.0. The van der Waals surface area contributed by atoms with Crippen LogP contribution in [0, 0.1) is 6.92 Å². The Labute approximate surface area is 149 Å². The van der Waals surface area contributed by atoms with Gasteiger partial charge in [-0.1, -0.05) is 35.4 Å². The zero-order valence-electron chi connectivity index (χ0n) is 13.4. The highest BCUT2D eigenvalue weighted by molar-refractivity contribution is 7.88. The topological polar surface area (TPSA) is 79.4 Å². The van der Waals surface area contributed by atoms with Crippen LogP contribution in [0.15, 0.2) is 12.1 Å². The molecule has 1 atom stereocenters. The van der Waals surface area contributed by atoms with Crippen LogP contribution in [-0.4, -0.2) is 42.5 Å². The van der Waals surface area contributed by atoms with E-state index in [4.69, 9.17) is 11.6 Å². The van der Waals surface area contributed by atoms with Crippen LogP contribution in [0.1, 0.15) is 24.8 Å². The zero-order valence-corrected chi connectivity index (χ0v) is 15.8. The Hall–Kier alpha value is -1.22. The molecule has 0 unspecified atom stereocenters. The number of aromatic nitrogens is 1. The third-order valence-corrected chi connectivity index (χ3v) is 6.83. The Morgan fingerprint density at radius 3 is 2.83 bits per heavy atom. The molecule has 1 aromatic heterocycles. The van der Waals surface area contributed by atoms with Crippen LogP contribution in [0.25, 0.3) is 10.2 Å². The molecule has 1 aromatic carbocycles. The first-order valence-electron chi connectivity index (χ1n) is 7.60. The molecule has 9 heteroatoms. The average molecular weight is 388 g/mol. The normalized spacial score (nSPS) is 19.5. The standard InChI is InChI=1S/C15H18ClN3O3S2/c1-9-6-7-10(16)13-12(9)17-15(23-13)18-14(20)11-5-3-4-8-19(11)24(2,21)22/h6-7,11H,3-5,8H2,1-2H3,(H,17,18,20)/t11-/m1/s1. The van der Waals surface area contributed by atoms with Gasteiger partial charge in [0.25, 0.3) is 0 Å². The van der Waals surface area contributed by atoms with Gasteiger partial charge in [0.2, 0.25) is 15.9 Å². The van der Waals surface area contributed by atoms with E-state index in [2.05, 4.69) is 10.3 Å². The van der Waals surface area contributed by atoms with Crippen LogP contribution in [0.2, 0.25) is 5.02 Å². The van der Waals surface area contributed by atoms with Crippen molar-refractivity contribution in [3.05, 3.63) is 22.7 Å². The molecule has 1 aliphatic heterocycles. The van der Waals surface area contributed by atoms with Gasteiger partial charge in [-0.25, -0.2) is 13.4 Å². The van der Waals surface area contributed by atoms with Crippen LogP contribution >= 0.6 is 22.9 Å². The molecular weight excluding hydrogens is 370 g/mol. The smallest absolute Gasteiger partial charge is 0.244 e. The molecular formula is C15H18ClN3O3S2. The Morgan fingerprint density at radius 1 is 1.42 bits per heavy atom. The number of hydrogen-bond donors (Lipinski definition) is 1. The third kappa shape index (κ3) is 3.42. The summed E-state index contributed by atoms with van der Waals surface area (Å²) in [5.41, 5.74) is 1.73. The van der Waals surface area contributed by atoms with Gasteiger partial charge in [-0.15, -0.1) is 0 Å². The number of nitrogens with zero attached hydrogens (tertiary/aromatic N) is 2. The van der Waals surface area contributed by atoms with Gasteiger partial charge in [-0.05, 0) is 31.4 Å². The van der Waals surface area contributed by atoms with Gasteiger partial charge in [0.1, 0.15) is 6.04 Å². The number of sulfonamides is 1. The number of amides is 1. The highest BCUT2D eigenvalue weighted by atomic mass is 35.5. The first kappa shape index (κ1) is 17.6. The lowest BCUT2D eigenvalue weighted by atomic mass is 10.0. The molecule has 0 aliphatic carbocycles. The fourth-order valence-corrected chi connectivity index (χ4v) is 5.25. The third-order valence-electron chi connectivity index (χ3n) is 4.11. The number of nitrogens with one attached hydrogen (secondary N) is 1. The van der Waals surface area contributed by atoms with Crippen molar-refractivity contribution in [2.75, 3.05) is 18.1 Å². The van der Waals surface area contributed by atoms with E-state index in [-0.39, 0.29) is 5.91 Å². The van der Waals surface area contributed by atoms with Crippen molar-refractivity contribution in [3.8, 4) is 0 Å². The van der Waals surface area contributed by atoms with Gasteiger partial charge in [0.15, 0.2) is 5.13 Å². The lowest BCUT2D eigenvalue weighted by Crippen LogP contribution is -2.49. The van der Waals surface area contributed by atoms with Crippen molar-refractivity contribution in [2.24, 2.45) is 0 Å². The van der Waals surface area contributed by atoms with Gasteiger partial charge in [0, 0.05) is 6.54 Å². The van der Waals surface area contributed by atoms with Crippen LogP contribution in [0.5, 0.6) is 0 Å². The molecule has 6 nitrogen and oxygen atoms in total. The molecule has 2 heterocycles. The van der Waals surface area contributed by atoms with Gasteiger partial charge in [-0.2, -0.15) is 4.31 Å². The summed E-state index contributed by atoms with van der Waals surface area (Å²) in [6, 6.07) is 3.00. The Morgan fingerprint density at radius 2 is 2.17 bits per heavy atom. The minimum absolute atomic E-state index is 0.340. The van der Waals surface area contributed by atoms with Crippen molar-refractivity contribution in [2.45, 2.75) is 32.2 Å². The molecule has 0 bridgehead atoms. The van der Waals surface area contributed by atoms with Gasteiger partial charge in [-0.3, -0.25) is 4.79 Å². The van der Waals surface area contributed by atoms with Crippen LogP contribution in [0.4, 0.5) is 5.13 Å². The molecule has 1 saturated heterocycles. The number of rotatable bonds is 3. The van der Waals surface area contributed by atoms with Crippen LogP contribution < -0.4 is 5.32 Å². The maximum absolute atomic E-state index is 12.6. The number of carbonyl (C=O) groups is 1. The fraction of sp³-hybridized carbons (Fsp3) is 0.467. The highest BCUT2D eigenvalue weighted by Crippen LogP contribution is 2.34. The Bertz CT molecular complexity index is 856. The van der Waals surface area contributed by atoms with Gasteiger partial charge < -0.3 is 5.32 Å². The molecule has 0 spiro atoms. The van der Waals surface area contributed by atoms with E-state index >= 15 is 0 Å². The van der Waals surface area contributed by atoms with Crippen molar-refractivity contribution < 1.29 is 13.2 Å². The highest BCUT2D eigenvalue weighted by Gasteiger charge is 2.34. The summed E-state index contributed by atoms with van der Waals surface area (Å²) in [6.45, 7) is 2.30. The number of hydrogen-bond acceptors (Lipinski definition) is 5. The van der Waals surface area contributed by atoms with E-state index < -0.39 is 16.1 Å². The molecule has 130 valence electrons. The summed E-state index contributed by atoms with van der Waals surface area (Å²) < 4.78 is 25.9. The summed E-state index contributed by atoms with van der Waals surface area (Å²) in [6.07, 6.45) is 3.25. The van der Waals surface area contributed by atoms with Crippen molar-refractivity contribution in [1.82, 2.24) is 9.29 Å². The first-order valence-corrected chi connectivity index (χ1v) is 10.6. The molecule has 24 heavy (non-hydrogen) atoms. The Balaban J connectivity index is 1.86. The van der Waals surface area contributed by atoms with Crippen molar-refractivity contribution in [3.63, 3.8) is 0 Å². The summed E-state index contributed by atoms with van der Waals surface area (Å²) >= 11 is 7.48. The second-order valence-corrected chi connectivity index (χ2v) is 9.28. The van der Waals surface area contributed by atoms with E-state index in [1.54, 1.807) is 6.07 Å². The van der Waals surface area contributed by atoms with Crippen molar-refractivity contribution in [1.29, 1.82) is 0 Å². The summed E-state index contributed by atoms with van der Waals surface area (Å²) in [5, 5.41) is 3.78. The molecule has 0 saturated carbocycles. The number of benzene rings is 1. The summed E-state index contributed by atoms with van der Waals surface area (Å²) in [7, 11) is -3.42. The molecule has 2 aromatic rings. The molecule has 3 rings (SSSR count). The lowest BCUT2D eigenvalue weighted by molar-refractivity contribution is -0.120. The molecule has 1 amide bonds. The van der Waals surface area contributed by atoms with E-state index in [9.17, 15) is 13.2 Å². The second kappa shape index (κ2) is 6.59. The molecule has 0 radical (unpaired) electrons. The van der Waals surface area contributed by atoms with E-state index in [1.807, 2.05) is 13.0 Å². The maximum Gasteiger partial charge on any atom is 0.244 e. The number of halogens is 1. The number of fused-ring (bicyclic) bond motifs is 1. The fourth-order valence-electron chi connectivity index (χ4n) is 2.91. The lowest BCUT2D eigenvalue weighted by Gasteiger charge is -2.32. The van der Waals surface area contributed by atoms with Gasteiger partial charge >= 0.3 is 0 Å². The monoisotopic (exact) mass is 387 g/mol. The zero-order chi connectivity index (χ0) is 17.5.